The van der Waals surface area contributed by atoms with Crippen molar-refractivity contribution in [3.63, 3.8) is 0 Å². The lowest BCUT2D eigenvalue weighted by Crippen LogP contribution is -1.95. The largest absolute Gasteiger partial charge is 0.456 e. The lowest BCUT2D eigenvalue weighted by atomic mass is 10.3. The van der Waals surface area contributed by atoms with Crippen LogP contribution in [0.5, 0.6) is 11.5 Å². The molecule has 1 heterocycles. The highest BCUT2D eigenvalue weighted by Gasteiger charge is 1.99. The summed E-state index contributed by atoms with van der Waals surface area (Å²) in [5.41, 5.74) is 6.28. The van der Waals surface area contributed by atoms with Crippen molar-refractivity contribution in [1.29, 1.82) is 0 Å². The van der Waals surface area contributed by atoms with E-state index < -0.39 is 0 Å². The second-order valence-electron chi connectivity index (χ2n) is 3.20. The van der Waals surface area contributed by atoms with Gasteiger partial charge in [0, 0.05) is 18.8 Å². The number of anilines is 2. The maximum Gasteiger partial charge on any atom is 0.152 e. The maximum atomic E-state index is 5.58. The molecule has 0 unspecified atom stereocenters. The Bertz CT molecular complexity index is 470. The van der Waals surface area contributed by atoms with Crippen molar-refractivity contribution in [2.45, 2.75) is 0 Å². The number of aromatic nitrogens is 2. The number of ether oxygens (including phenoxy) is 1. The minimum Gasteiger partial charge on any atom is -0.456 e. The van der Waals surface area contributed by atoms with Gasteiger partial charge in [-0.1, -0.05) is 0 Å². The molecule has 0 bridgehead atoms. The molecule has 0 radical (unpaired) electrons. The van der Waals surface area contributed by atoms with E-state index in [1.807, 2.05) is 0 Å². The van der Waals surface area contributed by atoms with Gasteiger partial charge in [0.1, 0.15) is 5.75 Å². The van der Waals surface area contributed by atoms with Crippen molar-refractivity contribution >= 4 is 11.5 Å². The van der Waals surface area contributed by atoms with Crippen LogP contribution in [0.15, 0.2) is 36.5 Å². The molecule has 0 aliphatic heterocycles. The second-order valence-corrected chi connectivity index (χ2v) is 3.20. The molecule has 2 aromatic rings. The normalized spacial score (nSPS) is 9.81. The summed E-state index contributed by atoms with van der Waals surface area (Å²) in [6, 6.07) is 8.93. The van der Waals surface area contributed by atoms with Gasteiger partial charge in [-0.3, -0.25) is 0 Å². The van der Waals surface area contributed by atoms with Crippen LogP contribution in [-0.4, -0.2) is 17.2 Å². The molecule has 82 valence electrons. The number of nitrogens with zero attached hydrogens (tertiary/aromatic N) is 2. The summed E-state index contributed by atoms with van der Waals surface area (Å²) in [6.07, 6.45) is 1.55. The summed E-state index contributed by atoms with van der Waals surface area (Å²) in [6.45, 7) is 0. The first-order valence-corrected chi connectivity index (χ1v) is 4.82. The third-order valence-corrected chi connectivity index (χ3v) is 2.00. The number of hydrogen-bond donors (Lipinski definition) is 2. The van der Waals surface area contributed by atoms with E-state index in [0.717, 1.165) is 0 Å². The van der Waals surface area contributed by atoms with Crippen LogP contribution in [0.1, 0.15) is 0 Å². The summed E-state index contributed by atoms with van der Waals surface area (Å²) in [4.78, 5) is 0. The van der Waals surface area contributed by atoms with Crippen LogP contribution in [0.4, 0.5) is 11.5 Å². The number of nitrogens with two attached hydrogens (primary N) is 1. The average Bonchev–Trinajstić information content (AvgIpc) is 2.32. The van der Waals surface area contributed by atoms with Crippen LogP contribution in [0, 0.1) is 0 Å². The van der Waals surface area contributed by atoms with Crippen LogP contribution in [0.3, 0.4) is 0 Å². The Morgan fingerprint density at radius 2 is 1.94 bits per heavy atom. The first-order chi connectivity index (χ1) is 7.78. The zero-order chi connectivity index (χ0) is 11.4. The molecular formula is C11H12N4O. The van der Waals surface area contributed by atoms with Gasteiger partial charge in [0.25, 0.3) is 0 Å². The molecule has 0 saturated heterocycles. The fraction of sp³-hybridized carbons (Fsp3) is 0.0909. The molecule has 16 heavy (non-hydrogen) atoms. The lowest BCUT2D eigenvalue weighted by Gasteiger charge is -2.06. The Kier molecular flexibility index (Phi) is 2.86. The van der Waals surface area contributed by atoms with E-state index in [2.05, 4.69) is 15.5 Å². The Morgan fingerprint density at radius 1 is 1.19 bits per heavy atom. The summed E-state index contributed by atoms with van der Waals surface area (Å²) >= 11 is 0. The molecule has 0 aliphatic rings. The van der Waals surface area contributed by atoms with Gasteiger partial charge in [-0.05, 0) is 24.3 Å². The van der Waals surface area contributed by atoms with Gasteiger partial charge in [0.05, 0.1) is 6.20 Å². The molecule has 2 rings (SSSR count). The molecule has 3 N–H and O–H groups in total. The van der Waals surface area contributed by atoms with E-state index in [-0.39, 0.29) is 0 Å². The van der Waals surface area contributed by atoms with Crippen LogP contribution >= 0.6 is 0 Å². The number of nitrogen functional groups attached to an aromatic ring is 1. The van der Waals surface area contributed by atoms with E-state index in [0.29, 0.717) is 23.0 Å². The van der Waals surface area contributed by atoms with Crippen molar-refractivity contribution in [1.82, 2.24) is 10.2 Å². The zero-order valence-corrected chi connectivity index (χ0v) is 8.84. The molecule has 0 amide bonds. The molecule has 0 fully saturated rings. The second kappa shape index (κ2) is 4.48. The van der Waals surface area contributed by atoms with Crippen LogP contribution in [0.25, 0.3) is 0 Å². The molecule has 0 spiro atoms. The maximum absolute atomic E-state index is 5.58. The predicted molar refractivity (Wildman–Crippen MR) is 62.5 cm³/mol. The number of hydrogen-bond acceptors (Lipinski definition) is 5. The smallest absolute Gasteiger partial charge is 0.152 e. The van der Waals surface area contributed by atoms with Gasteiger partial charge >= 0.3 is 0 Å². The fourth-order valence-electron chi connectivity index (χ4n) is 1.20. The van der Waals surface area contributed by atoms with Gasteiger partial charge < -0.3 is 15.8 Å². The van der Waals surface area contributed by atoms with Gasteiger partial charge in [-0.2, -0.15) is 5.10 Å². The summed E-state index contributed by atoms with van der Waals surface area (Å²) < 4.78 is 5.58. The van der Waals surface area contributed by atoms with E-state index in [9.17, 15) is 0 Å². The Labute approximate surface area is 93.3 Å². The topological polar surface area (TPSA) is 73.1 Å². The molecule has 5 nitrogen and oxygen atoms in total. The van der Waals surface area contributed by atoms with E-state index in [1.165, 1.54) is 0 Å². The SMILES string of the molecule is CNc1cc(Oc2ccc(N)cc2)cnn1. The van der Waals surface area contributed by atoms with Crippen LogP contribution in [0.2, 0.25) is 0 Å². The summed E-state index contributed by atoms with van der Waals surface area (Å²) in [5.74, 6) is 2.00. The molecule has 5 heteroatoms. The van der Waals surface area contributed by atoms with Crippen LogP contribution in [-0.2, 0) is 0 Å². The highest BCUT2D eigenvalue weighted by molar-refractivity contribution is 5.44. The molecule has 0 saturated carbocycles. The molecule has 0 atom stereocenters. The minimum atomic E-state index is 0.629. The van der Waals surface area contributed by atoms with Crippen molar-refractivity contribution in [2.75, 3.05) is 18.1 Å². The first kappa shape index (κ1) is 10.2. The highest BCUT2D eigenvalue weighted by Crippen LogP contribution is 2.22. The van der Waals surface area contributed by atoms with Crippen LogP contribution < -0.4 is 15.8 Å². The minimum absolute atomic E-state index is 0.629. The number of benzene rings is 1. The standard InChI is InChI=1S/C11H12N4O/c1-13-11-6-10(7-14-15-11)16-9-4-2-8(12)3-5-9/h2-7H,12H2,1H3,(H,13,15). The monoisotopic (exact) mass is 216 g/mol. The average molecular weight is 216 g/mol. The molecule has 1 aromatic heterocycles. The highest BCUT2D eigenvalue weighted by atomic mass is 16.5. The van der Waals surface area contributed by atoms with Gasteiger partial charge in [0.2, 0.25) is 0 Å². The predicted octanol–water partition coefficient (Wildman–Crippen LogP) is 1.89. The fourth-order valence-corrected chi connectivity index (χ4v) is 1.20. The Morgan fingerprint density at radius 3 is 2.62 bits per heavy atom. The summed E-state index contributed by atoms with van der Waals surface area (Å²) in [7, 11) is 1.77. The molecule has 1 aromatic carbocycles. The van der Waals surface area contributed by atoms with E-state index in [4.69, 9.17) is 10.5 Å². The van der Waals surface area contributed by atoms with E-state index in [1.54, 1.807) is 43.6 Å². The number of nitrogens with one attached hydrogen (secondary N) is 1. The van der Waals surface area contributed by atoms with Crippen molar-refractivity contribution in [3.05, 3.63) is 36.5 Å². The number of rotatable bonds is 3. The molecule has 0 aliphatic carbocycles. The zero-order valence-electron chi connectivity index (χ0n) is 8.84. The van der Waals surface area contributed by atoms with Crippen molar-refractivity contribution < 1.29 is 4.74 Å². The third-order valence-electron chi connectivity index (χ3n) is 2.00. The quantitative estimate of drug-likeness (QED) is 0.766. The first-order valence-electron chi connectivity index (χ1n) is 4.82. The lowest BCUT2D eigenvalue weighted by molar-refractivity contribution is 0.479. The van der Waals surface area contributed by atoms with Gasteiger partial charge in [0.15, 0.2) is 11.6 Å². The van der Waals surface area contributed by atoms with Gasteiger partial charge in [-0.25, -0.2) is 0 Å². The van der Waals surface area contributed by atoms with E-state index >= 15 is 0 Å². The van der Waals surface area contributed by atoms with Crippen molar-refractivity contribution in [2.24, 2.45) is 0 Å². The van der Waals surface area contributed by atoms with Gasteiger partial charge in [-0.15, -0.1) is 5.10 Å². The Balaban J connectivity index is 2.16. The Hall–Kier alpha value is -2.30. The third kappa shape index (κ3) is 2.38. The van der Waals surface area contributed by atoms with Crippen molar-refractivity contribution in [3.8, 4) is 11.5 Å². The summed E-state index contributed by atoms with van der Waals surface area (Å²) in [5, 5.41) is 10.5. The molecular weight excluding hydrogens is 204 g/mol.